The number of sulfonamides is 1. The highest BCUT2D eigenvalue weighted by atomic mass is 32.2. The van der Waals surface area contributed by atoms with Crippen molar-refractivity contribution in [2.24, 2.45) is 4.99 Å². The van der Waals surface area contributed by atoms with E-state index in [-0.39, 0.29) is 11.0 Å². The van der Waals surface area contributed by atoms with E-state index in [4.69, 9.17) is 4.74 Å². The molecule has 3 rings (SSSR count). The van der Waals surface area contributed by atoms with Crippen LogP contribution in [0.5, 0.6) is 0 Å². The molecule has 0 saturated carbocycles. The standard InChI is InChI=1S/C21H31N5O3S/c1-2-22-21(23-11-14-26-12-3-4-13-26)24-16-18-7-9-20(10-8-18)30(27,28)25-17-19-6-5-15-29-19/h3-4,7-10,12-13,19,25H,2,5-6,11,14-17H2,1H3,(H2,22,23,24). The van der Waals surface area contributed by atoms with Crippen molar-refractivity contribution in [3.8, 4) is 0 Å². The molecule has 0 spiro atoms. The molecule has 0 radical (unpaired) electrons. The summed E-state index contributed by atoms with van der Waals surface area (Å²) in [7, 11) is -3.53. The fourth-order valence-corrected chi connectivity index (χ4v) is 4.27. The van der Waals surface area contributed by atoms with Gasteiger partial charge in [-0.3, -0.25) is 0 Å². The van der Waals surface area contributed by atoms with Gasteiger partial charge in [0.05, 0.1) is 17.5 Å². The average Bonchev–Trinajstić information content (AvgIpc) is 3.45. The lowest BCUT2D eigenvalue weighted by Gasteiger charge is -2.12. The normalized spacial score (nSPS) is 17.2. The van der Waals surface area contributed by atoms with Gasteiger partial charge in [-0.1, -0.05) is 12.1 Å². The second kappa shape index (κ2) is 11.1. The number of nitrogens with zero attached hydrogens (tertiary/aromatic N) is 2. The van der Waals surface area contributed by atoms with Gasteiger partial charge in [0.2, 0.25) is 10.0 Å². The molecule has 8 nitrogen and oxygen atoms in total. The SMILES string of the molecule is CCNC(=NCc1ccc(S(=O)(=O)NCC2CCCO2)cc1)NCCn1cccc1. The molecule has 0 amide bonds. The Morgan fingerprint density at radius 1 is 1.20 bits per heavy atom. The van der Waals surface area contributed by atoms with E-state index in [2.05, 4.69) is 24.9 Å². The summed E-state index contributed by atoms with van der Waals surface area (Å²) in [5.74, 6) is 0.736. The lowest BCUT2D eigenvalue weighted by molar-refractivity contribution is 0.114. The van der Waals surface area contributed by atoms with E-state index in [1.807, 2.05) is 31.5 Å². The molecular weight excluding hydrogens is 402 g/mol. The van der Waals surface area contributed by atoms with Crippen LogP contribution < -0.4 is 15.4 Å². The van der Waals surface area contributed by atoms with Crippen LogP contribution in [0, 0.1) is 0 Å². The molecule has 1 aliphatic rings. The van der Waals surface area contributed by atoms with Crippen LogP contribution in [0.4, 0.5) is 0 Å². The summed E-state index contributed by atoms with van der Waals surface area (Å²) in [6.45, 7) is 5.88. The van der Waals surface area contributed by atoms with Crippen molar-refractivity contribution in [1.82, 2.24) is 19.9 Å². The number of hydrogen-bond donors (Lipinski definition) is 3. The smallest absolute Gasteiger partial charge is 0.240 e. The van der Waals surface area contributed by atoms with E-state index >= 15 is 0 Å². The summed E-state index contributed by atoms with van der Waals surface area (Å²) in [5, 5.41) is 6.53. The van der Waals surface area contributed by atoms with Gasteiger partial charge in [-0.2, -0.15) is 0 Å². The second-order valence-corrected chi connectivity index (χ2v) is 8.94. The first-order valence-corrected chi connectivity index (χ1v) is 11.9. The predicted molar refractivity (Wildman–Crippen MR) is 118 cm³/mol. The summed E-state index contributed by atoms with van der Waals surface area (Å²) < 4.78 is 35.1. The number of benzene rings is 1. The first-order chi connectivity index (χ1) is 14.6. The van der Waals surface area contributed by atoms with Gasteiger partial charge in [0, 0.05) is 45.2 Å². The molecule has 9 heteroatoms. The van der Waals surface area contributed by atoms with Gasteiger partial charge in [0.25, 0.3) is 0 Å². The van der Waals surface area contributed by atoms with Crippen LogP contribution in [-0.2, 0) is 27.8 Å². The average molecular weight is 434 g/mol. The number of rotatable bonds is 10. The van der Waals surface area contributed by atoms with Gasteiger partial charge >= 0.3 is 0 Å². The third-order valence-corrected chi connectivity index (χ3v) is 6.29. The Morgan fingerprint density at radius 3 is 2.63 bits per heavy atom. The second-order valence-electron chi connectivity index (χ2n) is 7.17. The molecule has 2 heterocycles. The molecule has 0 aliphatic carbocycles. The van der Waals surface area contributed by atoms with Crippen molar-refractivity contribution < 1.29 is 13.2 Å². The molecule has 1 fully saturated rings. The van der Waals surface area contributed by atoms with E-state index in [0.29, 0.717) is 19.7 Å². The largest absolute Gasteiger partial charge is 0.377 e. The molecule has 3 N–H and O–H groups in total. The molecule has 1 aromatic heterocycles. The van der Waals surface area contributed by atoms with Crippen LogP contribution in [0.1, 0.15) is 25.3 Å². The maximum atomic E-state index is 12.5. The van der Waals surface area contributed by atoms with Gasteiger partial charge in [0.15, 0.2) is 5.96 Å². The maximum absolute atomic E-state index is 12.5. The number of hydrogen-bond acceptors (Lipinski definition) is 4. The zero-order chi connectivity index (χ0) is 21.2. The highest BCUT2D eigenvalue weighted by Gasteiger charge is 2.20. The van der Waals surface area contributed by atoms with Crippen molar-refractivity contribution in [2.75, 3.05) is 26.2 Å². The Hall–Kier alpha value is -2.36. The topological polar surface area (TPSA) is 96.8 Å². The molecule has 1 atom stereocenters. The van der Waals surface area contributed by atoms with E-state index in [1.165, 1.54) is 0 Å². The van der Waals surface area contributed by atoms with Crippen molar-refractivity contribution in [3.05, 3.63) is 54.4 Å². The van der Waals surface area contributed by atoms with E-state index in [0.717, 1.165) is 44.0 Å². The Morgan fingerprint density at radius 2 is 1.97 bits per heavy atom. The highest BCUT2D eigenvalue weighted by Crippen LogP contribution is 2.14. The third-order valence-electron chi connectivity index (χ3n) is 4.85. The molecule has 1 unspecified atom stereocenters. The zero-order valence-corrected chi connectivity index (χ0v) is 18.2. The Labute approximate surface area is 178 Å². The predicted octanol–water partition coefficient (Wildman–Crippen LogP) is 1.70. The Kier molecular flexibility index (Phi) is 8.30. The van der Waals surface area contributed by atoms with Crippen molar-refractivity contribution in [1.29, 1.82) is 0 Å². The van der Waals surface area contributed by atoms with Crippen LogP contribution in [-0.4, -0.2) is 51.3 Å². The van der Waals surface area contributed by atoms with E-state index in [9.17, 15) is 8.42 Å². The van der Waals surface area contributed by atoms with Crippen LogP contribution in [0.2, 0.25) is 0 Å². The van der Waals surface area contributed by atoms with Crippen LogP contribution in [0.25, 0.3) is 0 Å². The van der Waals surface area contributed by atoms with Crippen LogP contribution >= 0.6 is 0 Å². The lowest BCUT2D eigenvalue weighted by atomic mass is 10.2. The van der Waals surface area contributed by atoms with Crippen molar-refractivity contribution >= 4 is 16.0 Å². The maximum Gasteiger partial charge on any atom is 0.240 e. The molecule has 30 heavy (non-hydrogen) atoms. The molecular formula is C21H31N5O3S. The van der Waals surface area contributed by atoms with Crippen molar-refractivity contribution in [3.63, 3.8) is 0 Å². The van der Waals surface area contributed by atoms with Crippen LogP contribution in [0.3, 0.4) is 0 Å². The number of nitrogens with one attached hydrogen (secondary N) is 3. The minimum absolute atomic E-state index is 0.0251. The minimum Gasteiger partial charge on any atom is -0.377 e. The highest BCUT2D eigenvalue weighted by molar-refractivity contribution is 7.89. The quantitative estimate of drug-likeness (QED) is 0.391. The third kappa shape index (κ3) is 6.86. The number of ether oxygens (including phenoxy) is 1. The minimum atomic E-state index is -3.53. The summed E-state index contributed by atoms with van der Waals surface area (Å²) in [5.41, 5.74) is 0.940. The molecule has 2 aromatic rings. The number of aromatic nitrogens is 1. The lowest BCUT2D eigenvalue weighted by Crippen LogP contribution is -2.38. The van der Waals surface area contributed by atoms with E-state index in [1.54, 1.807) is 24.3 Å². The molecule has 1 aliphatic heterocycles. The van der Waals surface area contributed by atoms with Crippen molar-refractivity contribution in [2.45, 2.75) is 43.9 Å². The van der Waals surface area contributed by atoms with Gasteiger partial charge < -0.3 is 19.9 Å². The molecule has 0 bridgehead atoms. The summed E-state index contributed by atoms with van der Waals surface area (Å²) >= 11 is 0. The van der Waals surface area contributed by atoms with E-state index < -0.39 is 10.0 Å². The fraction of sp³-hybridized carbons (Fsp3) is 0.476. The van der Waals surface area contributed by atoms with Gasteiger partial charge in [0.1, 0.15) is 0 Å². The summed E-state index contributed by atoms with van der Waals surface area (Å²) in [6.07, 6.45) is 5.90. The zero-order valence-electron chi connectivity index (χ0n) is 17.4. The molecule has 1 aromatic carbocycles. The number of guanidine groups is 1. The first kappa shape index (κ1) is 22.3. The van der Waals surface area contributed by atoms with Crippen LogP contribution in [0.15, 0.2) is 58.7 Å². The van der Waals surface area contributed by atoms with Gasteiger partial charge in [-0.15, -0.1) is 0 Å². The molecule has 1 saturated heterocycles. The van der Waals surface area contributed by atoms with Gasteiger partial charge in [-0.05, 0) is 49.6 Å². The fourth-order valence-electron chi connectivity index (χ4n) is 3.20. The monoisotopic (exact) mass is 433 g/mol. The summed E-state index contributed by atoms with van der Waals surface area (Å²) in [4.78, 5) is 4.84. The summed E-state index contributed by atoms with van der Waals surface area (Å²) in [6, 6.07) is 10.8. The first-order valence-electron chi connectivity index (χ1n) is 10.4. The Bertz CT molecular complexity index is 889. The van der Waals surface area contributed by atoms with Gasteiger partial charge in [-0.25, -0.2) is 18.1 Å². The Balaban J connectivity index is 1.51. The molecule has 164 valence electrons. The number of aliphatic imine (C=N–C) groups is 1.